The first-order valence-corrected chi connectivity index (χ1v) is 7.20. The fourth-order valence-electron chi connectivity index (χ4n) is 2.71. The van der Waals surface area contributed by atoms with Crippen molar-refractivity contribution in [2.24, 2.45) is 0 Å². The molecule has 1 aromatic carbocycles. The molecule has 3 rings (SSSR count). The highest BCUT2D eigenvalue weighted by Crippen LogP contribution is 2.35. The third-order valence-electron chi connectivity index (χ3n) is 3.75. The number of hydrogen-bond acceptors (Lipinski definition) is 4. The van der Waals surface area contributed by atoms with Crippen LogP contribution in [-0.4, -0.2) is 36.9 Å². The van der Waals surface area contributed by atoms with E-state index in [0.29, 0.717) is 19.3 Å². The molecule has 1 aliphatic rings. The molecule has 1 atom stereocenters. The lowest BCUT2D eigenvalue weighted by molar-refractivity contribution is -0.00849. The van der Waals surface area contributed by atoms with Crippen LogP contribution < -0.4 is 4.74 Å². The molecule has 0 saturated heterocycles. The van der Waals surface area contributed by atoms with E-state index in [-0.39, 0.29) is 6.79 Å². The molecule has 0 bridgehead atoms. The maximum absolute atomic E-state index is 5.60. The molecule has 1 unspecified atom stereocenters. The normalized spacial score (nSPS) is 16.9. The van der Waals surface area contributed by atoms with Gasteiger partial charge in [0.15, 0.2) is 6.79 Å². The molecule has 5 heteroatoms. The van der Waals surface area contributed by atoms with Gasteiger partial charge in [-0.1, -0.05) is 6.07 Å². The standard InChI is InChI=1S/C16H20N2O3/c1-19-9-10-20-12-21-14-4-5-15-13(11-14)3-6-16(15)18-8-2-7-17-18/h2,4-5,7-8,11,16H,3,6,9-10,12H2,1H3. The van der Waals surface area contributed by atoms with Crippen LogP contribution in [-0.2, 0) is 15.9 Å². The molecule has 0 saturated carbocycles. The zero-order chi connectivity index (χ0) is 14.5. The Morgan fingerprint density at radius 3 is 3.10 bits per heavy atom. The summed E-state index contributed by atoms with van der Waals surface area (Å²) in [6.45, 7) is 1.38. The van der Waals surface area contributed by atoms with Crippen molar-refractivity contribution in [3.05, 3.63) is 47.8 Å². The average Bonchev–Trinajstić information content (AvgIpc) is 3.15. The molecule has 112 valence electrons. The molecular weight excluding hydrogens is 268 g/mol. The van der Waals surface area contributed by atoms with Gasteiger partial charge in [0, 0.05) is 19.5 Å². The highest BCUT2D eigenvalue weighted by Gasteiger charge is 2.24. The van der Waals surface area contributed by atoms with Crippen LogP contribution in [0.1, 0.15) is 23.6 Å². The van der Waals surface area contributed by atoms with Gasteiger partial charge in [-0.05, 0) is 42.2 Å². The van der Waals surface area contributed by atoms with Crippen molar-refractivity contribution >= 4 is 0 Å². The Balaban J connectivity index is 1.61. The Morgan fingerprint density at radius 1 is 1.33 bits per heavy atom. The van der Waals surface area contributed by atoms with E-state index in [1.807, 2.05) is 29.2 Å². The van der Waals surface area contributed by atoms with Crippen LogP contribution in [0.3, 0.4) is 0 Å². The molecule has 0 aliphatic heterocycles. The predicted molar refractivity (Wildman–Crippen MR) is 78.5 cm³/mol. The SMILES string of the molecule is COCCOCOc1ccc2c(c1)CCC2n1cccn1. The van der Waals surface area contributed by atoms with Gasteiger partial charge in [0.1, 0.15) is 5.75 Å². The Kier molecular flexibility index (Phi) is 4.52. The topological polar surface area (TPSA) is 45.5 Å². The Bertz CT molecular complexity index is 569. The number of methoxy groups -OCH3 is 1. The van der Waals surface area contributed by atoms with E-state index < -0.39 is 0 Å². The molecule has 1 aromatic heterocycles. The first-order chi connectivity index (χ1) is 10.4. The summed E-state index contributed by atoms with van der Waals surface area (Å²) in [5, 5.41) is 4.35. The lowest BCUT2D eigenvalue weighted by atomic mass is 10.1. The molecule has 0 radical (unpaired) electrons. The summed E-state index contributed by atoms with van der Waals surface area (Å²) in [6.07, 6.45) is 5.99. The number of aryl methyl sites for hydroxylation is 1. The molecule has 2 aromatic rings. The van der Waals surface area contributed by atoms with E-state index in [1.165, 1.54) is 11.1 Å². The summed E-state index contributed by atoms with van der Waals surface area (Å²) in [5.74, 6) is 0.854. The van der Waals surface area contributed by atoms with Gasteiger partial charge in [0.2, 0.25) is 0 Å². The van der Waals surface area contributed by atoms with E-state index >= 15 is 0 Å². The molecule has 1 heterocycles. The van der Waals surface area contributed by atoms with Gasteiger partial charge in [-0.25, -0.2) is 0 Å². The first kappa shape index (κ1) is 14.1. The molecule has 0 N–H and O–H groups in total. The summed E-state index contributed by atoms with van der Waals surface area (Å²) >= 11 is 0. The van der Waals surface area contributed by atoms with Crippen LogP contribution in [0.2, 0.25) is 0 Å². The van der Waals surface area contributed by atoms with Crippen molar-refractivity contribution in [2.75, 3.05) is 27.1 Å². The number of hydrogen-bond donors (Lipinski definition) is 0. The summed E-state index contributed by atoms with van der Waals surface area (Å²) in [5.41, 5.74) is 2.68. The fourth-order valence-corrected chi connectivity index (χ4v) is 2.71. The summed E-state index contributed by atoms with van der Waals surface area (Å²) in [4.78, 5) is 0. The van der Waals surface area contributed by atoms with E-state index in [2.05, 4.69) is 17.2 Å². The lowest BCUT2D eigenvalue weighted by Crippen LogP contribution is -2.08. The van der Waals surface area contributed by atoms with Gasteiger partial charge < -0.3 is 14.2 Å². The maximum atomic E-state index is 5.60. The van der Waals surface area contributed by atoms with Crippen LogP contribution in [0.25, 0.3) is 0 Å². The van der Waals surface area contributed by atoms with Gasteiger partial charge in [-0.3, -0.25) is 4.68 Å². The van der Waals surface area contributed by atoms with Crippen molar-refractivity contribution in [1.29, 1.82) is 0 Å². The van der Waals surface area contributed by atoms with Crippen LogP contribution >= 0.6 is 0 Å². The molecule has 0 spiro atoms. The van der Waals surface area contributed by atoms with Gasteiger partial charge >= 0.3 is 0 Å². The van der Waals surface area contributed by atoms with Crippen LogP contribution in [0.4, 0.5) is 0 Å². The minimum absolute atomic E-state index is 0.255. The predicted octanol–water partition coefficient (Wildman–Crippen LogP) is 2.42. The van der Waals surface area contributed by atoms with Crippen molar-refractivity contribution in [2.45, 2.75) is 18.9 Å². The minimum Gasteiger partial charge on any atom is -0.468 e. The molecule has 21 heavy (non-hydrogen) atoms. The molecule has 0 amide bonds. The van der Waals surface area contributed by atoms with Crippen molar-refractivity contribution in [3.8, 4) is 5.75 Å². The number of rotatable bonds is 7. The van der Waals surface area contributed by atoms with Crippen molar-refractivity contribution < 1.29 is 14.2 Å². The maximum Gasteiger partial charge on any atom is 0.189 e. The quantitative estimate of drug-likeness (QED) is 0.580. The Morgan fingerprint density at radius 2 is 2.29 bits per heavy atom. The van der Waals surface area contributed by atoms with Crippen LogP contribution in [0.5, 0.6) is 5.75 Å². The second-order valence-corrected chi connectivity index (χ2v) is 5.06. The van der Waals surface area contributed by atoms with Crippen molar-refractivity contribution in [1.82, 2.24) is 9.78 Å². The monoisotopic (exact) mass is 288 g/mol. The lowest BCUT2D eigenvalue weighted by Gasteiger charge is -2.13. The van der Waals surface area contributed by atoms with Crippen LogP contribution in [0.15, 0.2) is 36.7 Å². The zero-order valence-electron chi connectivity index (χ0n) is 12.2. The van der Waals surface area contributed by atoms with Gasteiger partial charge in [0.05, 0.1) is 19.3 Å². The van der Waals surface area contributed by atoms with E-state index in [9.17, 15) is 0 Å². The largest absolute Gasteiger partial charge is 0.468 e. The third kappa shape index (κ3) is 3.25. The zero-order valence-corrected chi connectivity index (χ0v) is 12.2. The van der Waals surface area contributed by atoms with E-state index in [0.717, 1.165) is 18.6 Å². The average molecular weight is 288 g/mol. The minimum atomic E-state index is 0.255. The number of benzene rings is 1. The van der Waals surface area contributed by atoms with Crippen LogP contribution in [0, 0.1) is 0 Å². The highest BCUT2D eigenvalue weighted by molar-refractivity contribution is 5.40. The number of nitrogens with zero attached hydrogens (tertiary/aromatic N) is 2. The first-order valence-electron chi connectivity index (χ1n) is 7.20. The highest BCUT2D eigenvalue weighted by atomic mass is 16.7. The second-order valence-electron chi connectivity index (χ2n) is 5.06. The fraction of sp³-hybridized carbons (Fsp3) is 0.438. The van der Waals surface area contributed by atoms with Gasteiger partial charge in [-0.15, -0.1) is 0 Å². The van der Waals surface area contributed by atoms with Gasteiger partial charge in [0.25, 0.3) is 0 Å². The summed E-state index contributed by atoms with van der Waals surface area (Å²) in [6, 6.07) is 8.56. The van der Waals surface area contributed by atoms with E-state index in [1.54, 1.807) is 7.11 Å². The number of fused-ring (bicyclic) bond motifs is 1. The van der Waals surface area contributed by atoms with E-state index in [4.69, 9.17) is 14.2 Å². The number of ether oxygens (including phenoxy) is 3. The molecule has 0 fully saturated rings. The van der Waals surface area contributed by atoms with Crippen molar-refractivity contribution in [3.63, 3.8) is 0 Å². The summed E-state index contributed by atoms with van der Waals surface area (Å²) in [7, 11) is 1.65. The summed E-state index contributed by atoms with van der Waals surface area (Å²) < 4.78 is 17.9. The smallest absolute Gasteiger partial charge is 0.189 e. The Hall–Kier alpha value is -1.85. The third-order valence-corrected chi connectivity index (χ3v) is 3.75. The molecule has 1 aliphatic carbocycles. The second kappa shape index (κ2) is 6.74. The number of aromatic nitrogens is 2. The van der Waals surface area contributed by atoms with Gasteiger partial charge in [-0.2, -0.15) is 5.10 Å². The Labute approximate surface area is 124 Å². The molecule has 5 nitrogen and oxygen atoms in total. The molecular formula is C16H20N2O3.